The van der Waals surface area contributed by atoms with E-state index in [0.29, 0.717) is 0 Å². The lowest BCUT2D eigenvalue weighted by molar-refractivity contribution is 0.168. The lowest BCUT2D eigenvalue weighted by Gasteiger charge is -2.33. The van der Waals surface area contributed by atoms with Crippen molar-refractivity contribution in [1.82, 2.24) is 4.90 Å². The van der Waals surface area contributed by atoms with Gasteiger partial charge in [-0.05, 0) is 63.8 Å². The van der Waals surface area contributed by atoms with Crippen LogP contribution in [0.5, 0.6) is 0 Å². The first-order valence-corrected chi connectivity index (χ1v) is 6.68. The molecule has 1 aliphatic carbocycles. The van der Waals surface area contributed by atoms with Crippen molar-refractivity contribution >= 4 is 12.6 Å². The summed E-state index contributed by atoms with van der Waals surface area (Å²) in [6.45, 7) is 3.65. The summed E-state index contributed by atoms with van der Waals surface area (Å²) in [5, 5.41) is 0. The molecular formula is C12H25NS. The third kappa shape index (κ3) is 4.22. The van der Waals surface area contributed by atoms with E-state index in [1.165, 1.54) is 45.1 Å². The van der Waals surface area contributed by atoms with E-state index in [-0.39, 0.29) is 0 Å². The Hall–Kier alpha value is 0.310. The zero-order valence-electron chi connectivity index (χ0n) is 9.71. The topological polar surface area (TPSA) is 3.24 Å². The first kappa shape index (κ1) is 12.4. The average Bonchev–Trinajstić information content (AvgIpc) is 2.19. The molecule has 0 aromatic carbocycles. The van der Waals surface area contributed by atoms with Gasteiger partial charge in [0, 0.05) is 6.04 Å². The predicted molar refractivity (Wildman–Crippen MR) is 67.1 cm³/mol. The second kappa shape index (κ2) is 6.73. The molecule has 1 fully saturated rings. The molecule has 2 heteroatoms. The van der Waals surface area contributed by atoms with E-state index in [2.05, 4.69) is 31.5 Å². The van der Waals surface area contributed by atoms with E-state index in [1.54, 1.807) is 0 Å². The number of rotatable bonds is 5. The Morgan fingerprint density at radius 3 is 2.36 bits per heavy atom. The van der Waals surface area contributed by atoms with E-state index in [4.69, 9.17) is 0 Å². The first-order valence-electron chi connectivity index (χ1n) is 6.05. The van der Waals surface area contributed by atoms with E-state index >= 15 is 0 Å². The monoisotopic (exact) mass is 215 g/mol. The molecule has 0 radical (unpaired) electrons. The van der Waals surface area contributed by atoms with E-state index in [9.17, 15) is 0 Å². The number of nitrogens with zero attached hydrogens (tertiary/aromatic N) is 1. The van der Waals surface area contributed by atoms with Gasteiger partial charge in [0.25, 0.3) is 0 Å². The van der Waals surface area contributed by atoms with Crippen LogP contribution >= 0.6 is 12.6 Å². The quantitative estimate of drug-likeness (QED) is 0.544. The zero-order valence-corrected chi connectivity index (χ0v) is 10.6. The minimum absolute atomic E-state index is 0.867. The highest BCUT2D eigenvalue weighted by Crippen LogP contribution is 2.26. The van der Waals surface area contributed by atoms with Crippen molar-refractivity contribution < 1.29 is 0 Å². The van der Waals surface area contributed by atoms with E-state index in [0.717, 1.165) is 17.7 Å². The van der Waals surface area contributed by atoms with Gasteiger partial charge in [0.05, 0.1) is 0 Å². The normalized spacial score (nSPS) is 28.3. The number of hydrogen-bond acceptors (Lipinski definition) is 2. The summed E-state index contributed by atoms with van der Waals surface area (Å²) in [7, 11) is 2.29. The fourth-order valence-electron chi connectivity index (χ4n) is 2.34. The maximum Gasteiger partial charge on any atom is 0.00924 e. The smallest absolute Gasteiger partial charge is 0.00924 e. The summed E-state index contributed by atoms with van der Waals surface area (Å²) < 4.78 is 0. The Balaban J connectivity index is 2.13. The van der Waals surface area contributed by atoms with Crippen LogP contribution in [-0.2, 0) is 0 Å². The van der Waals surface area contributed by atoms with Crippen LogP contribution in [-0.4, -0.2) is 30.3 Å². The standard InChI is InChI=1S/C12H25NS/c1-11-5-7-12(8-6-11)13(2)9-3-4-10-14/h11-12,14H,3-10H2,1-2H3. The third-order valence-corrected chi connectivity index (χ3v) is 3.84. The van der Waals surface area contributed by atoms with Crippen molar-refractivity contribution in [2.75, 3.05) is 19.3 Å². The fraction of sp³-hybridized carbons (Fsp3) is 1.00. The molecule has 0 aliphatic heterocycles. The van der Waals surface area contributed by atoms with Gasteiger partial charge < -0.3 is 4.90 Å². The van der Waals surface area contributed by atoms with Gasteiger partial charge in [-0.2, -0.15) is 12.6 Å². The first-order chi connectivity index (χ1) is 6.74. The lowest BCUT2D eigenvalue weighted by atomic mass is 9.87. The van der Waals surface area contributed by atoms with Crippen molar-refractivity contribution in [2.24, 2.45) is 5.92 Å². The van der Waals surface area contributed by atoms with E-state index in [1.807, 2.05) is 0 Å². The molecule has 1 nitrogen and oxygen atoms in total. The van der Waals surface area contributed by atoms with Crippen LogP contribution in [0, 0.1) is 5.92 Å². The van der Waals surface area contributed by atoms with Gasteiger partial charge in [-0.15, -0.1) is 0 Å². The van der Waals surface area contributed by atoms with Crippen LogP contribution in [0.4, 0.5) is 0 Å². The fourth-order valence-corrected chi connectivity index (χ4v) is 2.56. The van der Waals surface area contributed by atoms with Crippen molar-refractivity contribution in [1.29, 1.82) is 0 Å². The molecule has 0 aromatic rings. The van der Waals surface area contributed by atoms with Gasteiger partial charge in [0.2, 0.25) is 0 Å². The molecule has 1 saturated carbocycles. The highest BCUT2D eigenvalue weighted by Gasteiger charge is 2.20. The molecule has 0 atom stereocenters. The average molecular weight is 215 g/mol. The van der Waals surface area contributed by atoms with Crippen LogP contribution in [0.25, 0.3) is 0 Å². The Kier molecular flexibility index (Phi) is 5.95. The summed E-state index contributed by atoms with van der Waals surface area (Å²) in [6.07, 6.45) is 8.27. The molecule has 0 saturated heterocycles. The second-order valence-corrected chi connectivity index (χ2v) is 5.27. The van der Waals surface area contributed by atoms with Crippen LogP contribution in [0.1, 0.15) is 45.4 Å². The summed E-state index contributed by atoms with van der Waals surface area (Å²) >= 11 is 4.24. The van der Waals surface area contributed by atoms with E-state index < -0.39 is 0 Å². The molecule has 0 heterocycles. The van der Waals surface area contributed by atoms with Crippen molar-refractivity contribution in [2.45, 2.75) is 51.5 Å². The lowest BCUT2D eigenvalue weighted by Crippen LogP contribution is -2.35. The summed E-state index contributed by atoms with van der Waals surface area (Å²) in [6, 6.07) is 0.867. The number of thiol groups is 1. The molecule has 0 spiro atoms. The Labute approximate surface area is 94.7 Å². The SMILES string of the molecule is CC1CCC(N(C)CCCCS)CC1. The van der Waals surface area contributed by atoms with Crippen molar-refractivity contribution in [3.8, 4) is 0 Å². The van der Waals surface area contributed by atoms with Crippen LogP contribution in [0.3, 0.4) is 0 Å². The third-order valence-electron chi connectivity index (χ3n) is 3.53. The van der Waals surface area contributed by atoms with Gasteiger partial charge >= 0.3 is 0 Å². The minimum atomic E-state index is 0.867. The van der Waals surface area contributed by atoms with Gasteiger partial charge in [0.1, 0.15) is 0 Å². The summed E-state index contributed by atoms with van der Waals surface area (Å²) in [5.41, 5.74) is 0. The molecular weight excluding hydrogens is 190 g/mol. The molecule has 1 rings (SSSR count). The summed E-state index contributed by atoms with van der Waals surface area (Å²) in [5.74, 6) is 2.01. The maximum absolute atomic E-state index is 4.24. The molecule has 84 valence electrons. The maximum atomic E-state index is 4.24. The van der Waals surface area contributed by atoms with Crippen molar-refractivity contribution in [3.05, 3.63) is 0 Å². The molecule has 0 bridgehead atoms. The van der Waals surface area contributed by atoms with Gasteiger partial charge in [0.15, 0.2) is 0 Å². The highest BCUT2D eigenvalue weighted by atomic mass is 32.1. The molecule has 0 unspecified atom stereocenters. The van der Waals surface area contributed by atoms with Crippen LogP contribution in [0.15, 0.2) is 0 Å². The van der Waals surface area contributed by atoms with Gasteiger partial charge in [-0.25, -0.2) is 0 Å². The second-order valence-electron chi connectivity index (χ2n) is 4.83. The number of hydrogen-bond donors (Lipinski definition) is 1. The Morgan fingerprint density at radius 2 is 1.79 bits per heavy atom. The minimum Gasteiger partial charge on any atom is -0.303 e. The van der Waals surface area contributed by atoms with Gasteiger partial charge in [-0.3, -0.25) is 0 Å². The van der Waals surface area contributed by atoms with Crippen molar-refractivity contribution in [3.63, 3.8) is 0 Å². The zero-order chi connectivity index (χ0) is 10.4. The van der Waals surface area contributed by atoms with Crippen LogP contribution < -0.4 is 0 Å². The summed E-state index contributed by atoms with van der Waals surface area (Å²) in [4.78, 5) is 2.56. The Bertz CT molecular complexity index is 141. The number of unbranched alkanes of at least 4 members (excludes halogenated alkanes) is 1. The molecule has 14 heavy (non-hydrogen) atoms. The molecule has 0 amide bonds. The molecule has 1 aliphatic rings. The van der Waals surface area contributed by atoms with Crippen LogP contribution in [0.2, 0.25) is 0 Å². The predicted octanol–water partition coefficient (Wildman–Crippen LogP) is 3.21. The largest absolute Gasteiger partial charge is 0.303 e. The highest BCUT2D eigenvalue weighted by molar-refractivity contribution is 7.80. The molecule has 0 N–H and O–H groups in total. The molecule has 0 aromatic heterocycles. The Morgan fingerprint density at radius 1 is 1.14 bits per heavy atom. The van der Waals surface area contributed by atoms with Gasteiger partial charge in [-0.1, -0.05) is 6.92 Å².